The number of carbonyl (C=O) groups is 1. The number of benzene rings is 1. The molecular weight excluding hydrogens is 408 g/mol. The third-order valence-electron chi connectivity index (χ3n) is 4.57. The number of methoxy groups -OCH3 is 1. The summed E-state index contributed by atoms with van der Waals surface area (Å²) in [6.45, 7) is 1.69. The number of nitrogens with one attached hydrogen (secondary N) is 1. The van der Waals surface area contributed by atoms with Crippen molar-refractivity contribution in [2.24, 2.45) is 0 Å². The van der Waals surface area contributed by atoms with Gasteiger partial charge in [0, 0.05) is 12.1 Å². The minimum absolute atomic E-state index is 0.0207. The Balaban J connectivity index is 1.71. The number of carbonyl (C=O) groups excluding carboxylic acids is 1. The van der Waals surface area contributed by atoms with E-state index in [1.165, 1.54) is 13.2 Å². The Morgan fingerprint density at radius 1 is 1.40 bits per heavy atom. The molecule has 1 unspecified atom stereocenters. The van der Waals surface area contributed by atoms with Crippen molar-refractivity contribution < 1.29 is 22.7 Å². The maximum atomic E-state index is 12.4. The lowest BCUT2D eigenvalue weighted by Crippen LogP contribution is -2.18. The number of anilines is 1. The zero-order valence-corrected chi connectivity index (χ0v) is 17.5. The molecule has 3 rings (SSSR count). The SMILES string of the molecule is COc1cc(/C=C/C(=O)Nc2cc(C)nn2C2CCS(=O)(=O)C2)ccc1OCC#N. The van der Waals surface area contributed by atoms with Gasteiger partial charge in [-0.15, -0.1) is 0 Å². The van der Waals surface area contributed by atoms with Gasteiger partial charge in [-0.1, -0.05) is 6.07 Å². The number of nitrogens with zero attached hydrogens (tertiary/aromatic N) is 3. The molecule has 1 aliphatic rings. The Bertz CT molecular complexity index is 1110. The van der Waals surface area contributed by atoms with Gasteiger partial charge in [0.1, 0.15) is 11.9 Å². The molecule has 9 nitrogen and oxygen atoms in total. The van der Waals surface area contributed by atoms with E-state index in [9.17, 15) is 13.2 Å². The Labute approximate surface area is 174 Å². The fourth-order valence-corrected chi connectivity index (χ4v) is 4.91. The Kier molecular flexibility index (Phi) is 6.42. The lowest BCUT2D eigenvalue weighted by molar-refractivity contribution is -0.111. The molecule has 1 fully saturated rings. The number of amides is 1. The molecule has 0 bridgehead atoms. The Hall–Kier alpha value is -3.32. The second-order valence-corrected chi connectivity index (χ2v) is 9.08. The summed E-state index contributed by atoms with van der Waals surface area (Å²) in [5.41, 5.74) is 1.40. The quantitative estimate of drug-likeness (QED) is 0.667. The highest BCUT2D eigenvalue weighted by molar-refractivity contribution is 7.91. The van der Waals surface area contributed by atoms with E-state index in [0.29, 0.717) is 35.0 Å². The van der Waals surface area contributed by atoms with Crippen LogP contribution >= 0.6 is 0 Å². The molecule has 0 radical (unpaired) electrons. The normalized spacial score (nSPS) is 17.6. The molecule has 2 aromatic rings. The molecule has 1 aromatic heterocycles. The molecule has 1 amide bonds. The van der Waals surface area contributed by atoms with E-state index in [4.69, 9.17) is 14.7 Å². The maximum Gasteiger partial charge on any atom is 0.249 e. The minimum atomic E-state index is -3.07. The van der Waals surface area contributed by atoms with Crippen molar-refractivity contribution in [1.82, 2.24) is 9.78 Å². The zero-order valence-electron chi connectivity index (χ0n) is 16.7. The third-order valence-corrected chi connectivity index (χ3v) is 6.32. The number of hydrogen-bond acceptors (Lipinski definition) is 7. The van der Waals surface area contributed by atoms with Gasteiger partial charge in [-0.05, 0) is 37.1 Å². The summed E-state index contributed by atoms with van der Waals surface area (Å²) in [4.78, 5) is 12.4. The van der Waals surface area contributed by atoms with Gasteiger partial charge in [0.15, 0.2) is 27.9 Å². The standard InChI is InChI=1S/C20H22N4O5S/c1-14-11-19(24(23-14)16-7-10-30(26,27)13-16)22-20(25)6-4-15-3-5-17(29-9-8-21)18(12-15)28-2/h3-6,11-12,16H,7,9-10,13H2,1-2H3,(H,22,25)/b6-4+. The van der Waals surface area contributed by atoms with Gasteiger partial charge >= 0.3 is 0 Å². The number of aryl methyl sites for hydroxylation is 1. The topological polar surface area (TPSA) is 123 Å². The first-order valence-electron chi connectivity index (χ1n) is 9.25. The van der Waals surface area contributed by atoms with E-state index in [1.54, 1.807) is 41.9 Å². The lowest BCUT2D eigenvalue weighted by Gasteiger charge is -2.13. The highest BCUT2D eigenvalue weighted by atomic mass is 32.2. The van der Waals surface area contributed by atoms with Gasteiger partial charge in [-0.25, -0.2) is 13.1 Å². The van der Waals surface area contributed by atoms with Gasteiger partial charge < -0.3 is 14.8 Å². The van der Waals surface area contributed by atoms with Crippen molar-refractivity contribution in [3.63, 3.8) is 0 Å². The Morgan fingerprint density at radius 3 is 2.87 bits per heavy atom. The summed E-state index contributed by atoms with van der Waals surface area (Å²) < 4.78 is 35.6. The van der Waals surface area contributed by atoms with E-state index in [2.05, 4.69) is 10.4 Å². The van der Waals surface area contributed by atoms with Crippen LogP contribution in [0.4, 0.5) is 5.82 Å². The second-order valence-electron chi connectivity index (χ2n) is 6.85. The van der Waals surface area contributed by atoms with Gasteiger partial charge in [-0.2, -0.15) is 10.4 Å². The van der Waals surface area contributed by atoms with E-state index < -0.39 is 9.84 Å². The van der Waals surface area contributed by atoms with Crippen LogP contribution in [-0.4, -0.2) is 49.3 Å². The van der Waals surface area contributed by atoms with Crippen LogP contribution in [0.2, 0.25) is 0 Å². The van der Waals surface area contributed by atoms with Crippen LogP contribution in [-0.2, 0) is 14.6 Å². The summed E-state index contributed by atoms with van der Waals surface area (Å²) in [6.07, 6.45) is 3.45. The predicted octanol–water partition coefficient (Wildman–Crippen LogP) is 2.11. The van der Waals surface area contributed by atoms with Crippen LogP contribution < -0.4 is 14.8 Å². The first kappa shape index (κ1) is 21.4. The number of nitriles is 1. The van der Waals surface area contributed by atoms with Crippen molar-refractivity contribution in [3.05, 3.63) is 41.6 Å². The van der Waals surface area contributed by atoms with Crippen molar-refractivity contribution in [3.8, 4) is 17.6 Å². The van der Waals surface area contributed by atoms with E-state index in [-0.39, 0.29) is 30.1 Å². The van der Waals surface area contributed by atoms with Gasteiger partial charge in [-0.3, -0.25) is 4.79 Å². The average Bonchev–Trinajstić information content (AvgIpc) is 3.26. The molecule has 1 aromatic carbocycles. The molecule has 1 aliphatic heterocycles. The monoisotopic (exact) mass is 430 g/mol. The highest BCUT2D eigenvalue weighted by Gasteiger charge is 2.31. The number of hydrogen-bond donors (Lipinski definition) is 1. The van der Waals surface area contributed by atoms with Gasteiger partial charge in [0.25, 0.3) is 0 Å². The molecule has 0 saturated carbocycles. The van der Waals surface area contributed by atoms with Crippen LogP contribution in [0.15, 0.2) is 30.3 Å². The predicted molar refractivity (Wildman–Crippen MR) is 111 cm³/mol. The average molecular weight is 430 g/mol. The van der Waals surface area contributed by atoms with Crippen molar-refractivity contribution >= 4 is 27.6 Å². The van der Waals surface area contributed by atoms with Crippen molar-refractivity contribution in [1.29, 1.82) is 5.26 Å². The zero-order chi connectivity index (χ0) is 21.7. The second kappa shape index (κ2) is 9.00. The first-order valence-corrected chi connectivity index (χ1v) is 11.1. The van der Waals surface area contributed by atoms with Crippen LogP contribution in [0.3, 0.4) is 0 Å². The van der Waals surface area contributed by atoms with Crippen LogP contribution in [0, 0.1) is 18.3 Å². The van der Waals surface area contributed by atoms with Gasteiger partial charge in [0.2, 0.25) is 5.91 Å². The molecule has 2 heterocycles. The smallest absolute Gasteiger partial charge is 0.249 e. The minimum Gasteiger partial charge on any atom is -0.493 e. The number of rotatable bonds is 7. The summed E-state index contributed by atoms with van der Waals surface area (Å²) in [7, 11) is -1.58. The van der Waals surface area contributed by atoms with E-state index in [0.717, 1.165) is 0 Å². The fraction of sp³-hybridized carbons (Fsp3) is 0.350. The number of ether oxygens (including phenoxy) is 2. The summed E-state index contributed by atoms with van der Waals surface area (Å²) in [5.74, 6) is 1.12. The lowest BCUT2D eigenvalue weighted by atomic mass is 10.2. The fourth-order valence-electron chi connectivity index (χ4n) is 3.21. The molecular formula is C20H22N4O5S. The Morgan fingerprint density at radius 2 is 2.20 bits per heavy atom. The van der Waals surface area contributed by atoms with E-state index in [1.807, 2.05) is 6.07 Å². The molecule has 30 heavy (non-hydrogen) atoms. The van der Waals surface area contributed by atoms with E-state index >= 15 is 0 Å². The largest absolute Gasteiger partial charge is 0.493 e. The van der Waals surface area contributed by atoms with Crippen LogP contribution in [0.25, 0.3) is 6.08 Å². The van der Waals surface area contributed by atoms with Crippen molar-refractivity contribution in [2.75, 3.05) is 30.5 Å². The molecule has 1 N–H and O–H groups in total. The van der Waals surface area contributed by atoms with Crippen LogP contribution in [0.1, 0.15) is 23.7 Å². The molecule has 1 atom stereocenters. The summed E-state index contributed by atoms with van der Waals surface area (Å²) in [6, 6.07) is 8.40. The molecule has 0 aliphatic carbocycles. The van der Waals surface area contributed by atoms with Crippen molar-refractivity contribution in [2.45, 2.75) is 19.4 Å². The molecule has 158 valence electrons. The maximum absolute atomic E-state index is 12.4. The molecule has 1 saturated heterocycles. The third kappa shape index (κ3) is 5.18. The highest BCUT2D eigenvalue weighted by Crippen LogP contribution is 2.29. The number of sulfone groups is 1. The molecule has 0 spiro atoms. The van der Waals surface area contributed by atoms with Gasteiger partial charge in [0.05, 0.1) is 30.4 Å². The summed E-state index contributed by atoms with van der Waals surface area (Å²) in [5, 5.41) is 15.7. The number of aromatic nitrogens is 2. The summed E-state index contributed by atoms with van der Waals surface area (Å²) >= 11 is 0. The first-order chi connectivity index (χ1) is 14.3. The van der Waals surface area contributed by atoms with Crippen LogP contribution in [0.5, 0.6) is 11.5 Å². The molecule has 10 heteroatoms.